The minimum atomic E-state index is -1.04. The summed E-state index contributed by atoms with van der Waals surface area (Å²) in [6.45, 7) is 0.0753. The van der Waals surface area contributed by atoms with E-state index in [9.17, 15) is 4.79 Å². The summed E-state index contributed by atoms with van der Waals surface area (Å²) in [6.07, 6.45) is -0.944. The summed E-state index contributed by atoms with van der Waals surface area (Å²) in [5.41, 5.74) is 1.38. The predicted molar refractivity (Wildman–Crippen MR) is 64.3 cm³/mol. The number of carboxylic acids is 1. The van der Waals surface area contributed by atoms with Crippen molar-refractivity contribution < 1.29 is 14.6 Å². The van der Waals surface area contributed by atoms with Crippen LogP contribution in [-0.2, 0) is 9.53 Å². The normalized spacial score (nSPS) is 12.3. The summed E-state index contributed by atoms with van der Waals surface area (Å²) in [6, 6.07) is 7.29. The SMILES string of the molecule is COC(CNc1nnc2ccccc2n1)C(=O)O. The number of ether oxygens (including phenoxy) is 1. The summed E-state index contributed by atoms with van der Waals surface area (Å²) >= 11 is 0. The van der Waals surface area contributed by atoms with Crippen molar-refractivity contribution in [2.75, 3.05) is 19.0 Å². The lowest BCUT2D eigenvalue weighted by Crippen LogP contribution is -2.30. The van der Waals surface area contributed by atoms with Crippen molar-refractivity contribution in [2.45, 2.75) is 6.10 Å². The Hall–Kier alpha value is -2.28. The molecule has 7 heteroatoms. The van der Waals surface area contributed by atoms with Gasteiger partial charge < -0.3 is 15.2 Å². The van der Waals surface area contributed by atoms with Crippen LogP contribution in [0, 0.1) is 0 Å². The second-order valence-corrected chi connectivity index (χ2v) is 3.57. The van der Waals surface area contributed by atoms with Crippen molar-refractivity contribution in [3.8, 4) is 0 Å². The molecule has 0 bridgehead atoms. The number of methoxy groups -OCH3 is 1. The van der Waals surface area contributed by atoms with Crippen molar-refractivity contribution in [3.63, 3.8) is 0 Å². The Kier molecular flexibility index (Phi) is 3.63. The molecule has 0 aliphatic heterocycles. The van der Waals surface area contributed by atoms with Crippen LogP contribution < -0.4 is 5.32 Å². The Bertz CT molecular complexity index is 561. The molecule has 1 atom stereocenters. The highest BCUT2D eigenvalue weighted by Gasteiger charge is 2.16. The van der Waals surface area contributed by atoms with Gasteiger partial charge in [-0.25, -0.2) is 9.78 Å². The van der Waals surface area contributed by atoms with Crippen LogP contribution in [0.1, 0.15) is 0 Å². The first kappa shape index (κ1) is 12.2. The van der Waals surface area contributed by atoms with E-state index in [-0.39, 0.29) is 12.5 Å². The number of hydrogen-bond donors (Lipinski definition) is 2. The highest BCUT2D eigenvalue weighted by molar-refractivity contribution is 5.74. The maximum absolute atomic E-state index is 10.7. The second-order valence-electron chi connectivity index (χ2n) is 3.57. The van der Waals surface area contributed by atoms with Gasteiger partial charge >= 0.3 is 5.97 Å². The summed E-state index contributed by atoms with van der Waals surface area (Å²) in [5.74, 6) is -0.768. The zero-order valence-electron chi connectivity index (χ0n) is 9.70. The number of para-hydroxylation sites is 1. The lowest BCUT2D eigenvalue weighted by atomic mass is 10.3. The molecule has 1 heterocycles. The van der Waals surface area contributed by atoms with Crippen LogP contribution in [-0.4, -0.2) is 46.0 Å². The van der Waals surface area contributed by atoms with Crippen LogP contribution in [0.25, 0.3) is 11.0 Å². The minimum Gasteiger partial charge on any atom is -0.479 e. The minimum absolute atomic E-state index is 0.0753. The monoisotopic (exact) mass is 248 g/mol. The third-order valence-electron chi connectivity index (χ3n) is 2.37. The fourth-order valence-corrected chi connectivity index (χ4v) is 1.41. The molecular weight excluding hydrogens is 236 g/mol. The van der Waals surface area contributed by atoms with Crippen LogP contribution in [0.3, 0.4) is 0 Å². The van der Waals surface area contributed by atoms with E-state index in [4.69, 9.17) is 9.84 Å². The van der Waals surface area contributed by atoms with Crippen molar-refractivity contribution in [1.82, 2.24) is 15.2 Å². The van der Waals surface area contributed by atoms with Gasteiger partial charge in [0, 0.05) is 7.11 Å². The number of aromatic nitrogens is 3. The Balaban J connectivity index is 2.10. The number of fused-ring (bicyclic) bond motifs is 1. The van der Waals surface area contributed by atoms with E-state index in [1.165, 1.54) is 7.11 Å². The largest absolute Gasteiger partial charge is 0.479 e. The number of rotatable bonds is 5. The molecule has 0 amide bonds. The van der Waals surface area contributed by atoms with Crippen molar-refractivity contribution in [3.05, 3.63) is 24.3 Å². The molecule has 0 radical (unpaired) electrons. The maximum atomic E-state index is 10.7. The molecule has 2 N–H and O–H groups in total. The first-order valence-electron chi connectivity index (χ1n) is 5.29. The summed E-state index contributed by atoms with van der Waals surface area (Å²) < 4.78 is 4.78. The number of nitrogens with one attached hydrogen (secondary N) is 1. The van der Waals surface area contributed by atoms with E-state index < -0.39 is 12.1 Å². The van der Waals surface area contributed by atoms with E-state index in [0.29, 0.717) is 11.0 Å². The molecule has 0 fully saturated rings. The fraction of sp³-hybridized carbons (Fsp3) is 0.273. The first-order valence-corrected chi connectivity index (χ1v) is 5.29. The summed E-state index contributed by atoms with van der Waals surface area (Å²) in [7, 11) is 1.33. The Morgan fingerprint density at radius 3 is 2.78 bits per heavy atom. The molecule has 2 aromatic rings. The number of aliphatic carboxylic acids is 1. The predicted octanol–water partition coefficient (Wildman–Crippen LogP) is 0.536. The highest BCUT2D eigenvalue weighted by Crippen LogP contribution is 2.08. The maximum Gasteiger partial charge on any atom is 0.334 e. The summed E-state index contributed by atoms with van der Waals surface area (Å²) in [4.78, 5) is 15.0. The molecule has 7 nitrogen and oxygen atoms in total. The van der Waals surface area contributed by atoms with E-state index in [0.717, 1.165) is 0 Å². The van der Waals surface area contributed by atoms with Gasteiger partial charge in [0.1, 0.15) is 5.52 Å². The summed E-state index contributed by atoms with van der Waals surface area (Å²) in [5, 5.41) is 19.4. The van der Waals surface area contributed by atoms with Gasteiger partial charge in [0.15, 0.2) is 6.10 Å². The van der Waals surface area contributed by atoms with E-state index in [1.54, 1.807) is 12.1 Å². The Labute approximate surface area is 103 Å². The van der Waals surface area contributed by atoms with Crippen molar-refractivity contribution in [1.29, 1.82) is 0 Å². The average Bonchev–Trinajstić information content (AvgIpc) is 2.39. The number of nitrogens with zero attached hydrogens (tertiary/aromatic N) is 3. The van der Waals surface area contributed by atoms with Crippen molar-refractivity contribution >= 4 is 23.0 Å². The molecule has 18 heavy (non-hydrogen) atoms. The van der Waals surface area contributed by atoms with E-state index in [2.05, 4.69) is 20.5 Å². The molecule has 0 saturated heterocycles. The Morgan fingerprint density at radius 2 is 2.11 bits per heavy atom. The molecule has 0 saturated carbocycles. The lowest BCUT2D eigenvalue weighted by molar-refractivity contribution is -0.147. The second kappa shape index (κ2) is 5.37. The third kappa shape index (κ3) is 2.69. The number of anilines is 1. The van der Waals surface area contributed by atoms with Crippen LogP contribution >= 0.6 is 0 Å². The van der Waals surface area contributed by atoms with Gasteiger partial charge in [-0.3, -0.25) is 0 Å². The van der Waals surface area contributed by atoms with Crippen molar-refractivity contribution in [2.24, 2.45) is 0 Å². The Morgan fingerprint density at radius 1 is 1.39 bits per heavy atom. The molecule has 1 aromatic carbocycles. The molecule has 0 aliphatic carbocycles. The molecule has 1 aromatic heterocycles. The van der Waals surface area contributed by atoms with Gasteiger partial charge in [0.05, 0.1) is 12.1 Å². The topological polar surface area (TPSA) is 97.2 Å². The standard InChI is InChI=1S/C11H12N4O3/c1-18-9(10(16)17)6-12-11-13-7-4-2-3-5-8(7)14-15-11/h2-5,9H,6H2,1H3,(H,16,17)(H,12,13,15). The first-order chi connectivity index (χ1) is 8.70. The number of benzene rings is 1. The fourth-order valence-electron chi connectivity index (χ4n) is 1.41. The van der Waals surface area contributed by atoms with E-state index in [1.807, 2.05) is 12.1 Å². The van der Waals surface area contributed by atoms with Gasteiger partial charge in [-0.05, 0) is 12.1 Å². The number of carboxylic acid groups (broad SMARTS) is 1. The third-order valence-corrected chi connectivity index (χ3v) is 2.37. The van der Waals surface area contributed by atoms with Crippen LogP contribution in [0.2, 0.25) is 0 Å². The smallest absolute Gasteiger partial charge is 0.334 e. The number of carbonyl (C=O) groups is 1. The molecule has 0 spiro atoms. The van der Waals surface area contributed by atoms with Gasteiger partial charge in [0.25, 0.3) is 0 Å². The molecule has 2 rings (SSSR count). The van der Waals surface area contributed by atoms with Crippen LogP contribution in [0.5, 0.6) is 0 Å². The van der Waals surface area contributed by atoms with Gasteiger partial charge in [0.2, 0.25) is 5.95 Å². The van der Waals surface area contributed by atoms with E-state index >= 15 is 0 Å². The molecular formula is C11H12N4O3. The molecule has 1 unspecified atom stereocenters. The van der Waals surface area contributed by atoms with Crippen LogP contribution in [0.4, 0.5) is 5.95 Å². The quantitative estimate of drug-likeness (QED) is 0.796. The van der Waals surface area contributed by atoms with Crippen LogP contribution in [0.15, 0.2) is 24.3 Å². The van der Waals surface area contributed by atoms with Gasteiger partial charge in [-0.15, -0.1) is 10.2 Å². The zero-order chi connectivity index (χ0) is 13.0. The zero-order valence-corrected chi connectivity index (χ0v) is 9.70. The van der Waals surface area contributed by atoms with Gasteiger partial charge in [-0.1, -0.05) is 12.1 Å². The van der Waals surface area contributed by atoms with Gasteiger partial charge in [-0.2, -0.15) is 0 Å². The number of hydrogen-bond acceptors (Lipinski definition) is 6. The molecule has 94 valence electrons. The lowest BCUT2D eigenvalue weighted by Gasteiger charge is -2.10. The molecule has 0 aliphatic rings. The average molecular weight is 248 g/mol. The highest BCUT2D eigenvalue weighted by atomic mass is 16.5.